The van der Waals surface area contributed by atoms with Crippen molar-refractivity contribution < 1.29 is 22.2 Å². The van der Waals surface area contributed by atoms with E-state index in [0.717, 1.165) is 6.26 Å². The van der Waals surface area contributed by atoms with E-state index in [4.69, 9.17) is 23.2 Å². The van der Waals surface area contributed by atoms with Gasteiger partial charge in [-0.05, 0) is 72.8 Å². The maximum atomic E-state index is 12.5. The van der Waals surface area contributed by atoms with E-state index >= 15 is 0 Å². The van der Waals surface area contributed by atoms with Gasteiger partial charge in [-0.25, -0.2) is 18.4 Å². The van der Waals surface area contributed by atoms with Crippen molar-refractivity contribution in [3.63, 3.8) is 0 Å². The van der Waals surface area contributed by atoms with Crippen molar-refractivity contribution in [2.75, 3.05) is 12.5 Å². The number of amides is 2. The first-order chi connectivity index (χ1) is 30.1. The number of benzene rings is 2. The number of imidazole rings is 2. The number of hydrogen-bond donors (Lipinski definition) is 2. The molecule has 21 heteroatoms. The van der Waals surface area contributed by atoms with E-state index in [1.807, 2.05) is 0 Å². The predicted octanol–water partition coefficient (Wildman–Crippen LogP) is 6.48. The number of carbonyl (C=O) groups is 2. The summed E-state index contributed by atoms with van der Waals surface area (Å²) in [5.74, 6) is -0.495. The van der Waals surface area contributed by atoms with E-state index in [1.54, 1.807) is 125 Å². The highest BCUT2D eigenvalue weighted by atomic mass is 35.5. The number of nitrogens with zero attached hydrogens (tertiary/aromatic N) is 6. The third-order valence-corrected chi connectivity index (χ3v) is 13.6. The Morgan fingerprint density at radius 2 is 1.16 bits per heavy atom. The van der Waals surface area contributed by atoms with Gasteiger partial charge in [-0.2, -0.15) is 0 Å². The molecular weight excluding hydrogens is 928 g/mol. The Morgan fingerprint density at radius 1 is 0.683 bits per heavy atom. The molecule has 0 saturated heterocycles. The zero-order valence-corrected chi connectivity index (χ0v) is 37.8. The average molecular weight is 962 g/mol. The highest BCUT2D eigenvalue weighted by Crippen LogP contribution is 2.26. The minimum atomic E-state index is -3.62. The number of carbonyl (C=O) groups excluding carboxylic acids is 2. The minimum absolute atomic E-state index is 0.0481. The monoisotopic (exact) mass is 960 g/mol. The standard InChI is InChI=1S/C21H17ClN4O4S2.C21H17ClN4O3S2/c1-32(29,30)18-10-15(26-9-3-2-4-20(26)27)5-6-16(18)25-12-14(24-13-25)11-23-21(28)17-7-8-19(22)31-17;1-31(29)18-10-15(26-9-3-2-4-20(26)27)5-6-16(18)25-12-14(24-13-25)11-23-21(28)17-7-8-19(22)30-17/h2-10,12-13H,11H2,1H3,(H,23,28);2-10,12-13H,11H2,1H3,(H,23,28). The summed E-state index contributed by atoms with van der Waals surface area (Å²) in [5, 5.41) is 5.56. The Kier molecular flexibility index (Phi) is 13.8. The Morgan fingerprint density at radius 3 is 1.60 bits per heavy atom. The summed E-state index contributed by atoms with van der Waals surface area (Å²) in [4.78, 5) is 58.8. The number of thiophene rings is 2. The molecule has 8 rings (SSSR count). The number of hydrogen-bond acceptors (Lipinski definition) is 11. The Bertz CT molecular complexity index is 3240. The summed E-state index contributed by atoms with van der Waals surface area (Å²) >= 11 is 14.1. The SMILES string of the molecule is CS(=O)(=O)c1cc(-n2ccccc2=O)ccc1-n1cnc(CNC(=O)c2ccc(Cl)s2)c1.CS(=O)c1cc(-n2ccccc2=O)ccc1-n1cnc(CNC(=O)c2ccc(Cl)s2)c1. The van der Waals surface area contributed by atoms with Crippen molar-refractivity contribution in [2.24, 2.45) is 0 Å². The molecule has 0 fully saturated rings. The molecule has 0 aliphatic rings. The fourth-order valence-electron chi connectivity index (χ4n) is 6.10. The molecule has 0 spiro atoms. The summed E-state index contributed by atoms with van der Waals surface area (Å²) in [6.07, 6.45) is 12.4. The van der Waals surface area contributed by atoms with Crippen molar-refractivity contribution in [1.29, 1.82) is 0 Å². The van der Waals surface area contributed by atoms with Crippen molar-refractivity contribution in [3.05, 3.63) is 185 Å². The summed E-state index contributed by atoms with van der Waals surface area (Å²) in [6, 6.07) is 26.3. The maximum absolute atomic E-state index is 12.5. The first kappa shape index (κ1) is 44.8. The number of nitrogens with one attached hydrogen (secondary N) is 2. The molecule has 1 atom stereocenters. The Labute approximate surface area is 380 Å². The third kappa shape index (κ3) is 10.9. The lowest BCUT2D eigenvalue weighted by molar-refractivity contribution is 0.0946. The Hall–Kier alpha value is -6.22. The molecule has 63 heavy (non-hydrogen) atoms. The van der Waals surface area contributed by atoms with Gasteiger partial charge in [0.25, 0.3) is 22.9 Å². The lowest BCUT2D eigenvalue weighted by Crippen LogP contribution is -2.21. The molecular formula is C42H34Cl2N8O7S4. The van der Waals surface area contributed by atoms with Gasteiger partial charge >= 0.3 is 0 Å². The summed E-state index contributed by atoms with van der Waals surface area (Å²) in [6.45, 7) is 0.399. The minimum Gasteiger partial charge on any atom is -0.346 e. The lowest BCUT2D eigenvalue weighted by atomic mass is 10.2. The number of sulfone groups is 1. The number of pyridine rings is 2. The highest BCUT2D eigenvalue weighted by Gasteiger charge is 2.18. The predicted molar refractivity (Wildman–Crippen MR) is 245 cm³/mol. The zero-order valence-electron chi connectivity index (χ0n) is 33.0. The van der Waals surface area contributed by atoms with E-state index in [1.165, 1.54) is 56.3 Å². The summed E-state index contributed by atoms with van der Waals surface area (Å²) < 4.78 is 44.6. The molecule has 2 amide bonds. The van der Waals surface area contributed by atoms with Gasteiger partial charge in [-0.3, -0.25) is 32.5 Å². The van der Waals surface area contributed by atoms with Crippen LogP contribution in [0.25, 0.3) is 22.7 Å². The van der Waals surface area contributed by atoms with Gasteiger partial charge in [0.15, 0.2) is 9.84 Å². The van der Waals surface area contributed by atoms with Gasteiger partial charge in [-0.15, -0.1) is 22.7 Å². The van der Waals surface area contributed by atoms with Gasteiger partial charge in [0.1, 0.15) is 0 Å². The normalized spacial score (nSPS) is 11.7. The quantitative estimate of drug-likeness (QED) is 0.138. The molecule has 2 aromatic carbocycles. The van der Waals surface area contributed by atoms with Gasteiger partial charge in [0.2, 0.25) is 0 Å². The molecule has 0 saturated carbocycles. The average Bonchev–Trinajstić information content (AvgIpc) is 4.11. The molecule has 0 bridgehead atoms. The topological polar surface area (TPSA) is 189 Å². The highest BCUT2D eigenvalue weighted by molar-refractivity contribution is 7.90. The first-order valence-electron chi connectivity index (χ1n) is 18.5. The lowest BCUT2D eigenvalue weighted by Gasteiger charge is -2.12. The molecule has 1 unspecified atom stereocenters. The van der Waals surface area contributed by atoms with Crippen molar-refractivity contribution >= 4 is 78.3 Å². The van der Waals surface area contributed by atoms with Crippen LogP contribution in [-0.2, 0) is 33.7 Å². The largest absolute Gasteiger partial charge is 0.346 e. The fourth-order valence-corrected chi connectivity index (χ4v) is 9.66. The maximum Gasteiger partial charge on any atom is 0.261 e. The van der Waals surface area contributed by atoms with E-state index in [0.29, 0.717) is 57.5 Å². The summed E-state index contributed by atoms with van der Waals surface area (Å²) in [7, 11) is -4.92. The van der Waals surface area contributed by atoms with E-state index in [9.17, 15) is 31.8 Å². The van der Waals surface area contributed by atoms with Gasteiger partial charge < -0.3 is 19.8 Å². The van der Waals surface area contributed by atoms with Crippen LogP contribution in [0.5, 0.6) is 0 Å². The smallest absolute Gasteiger partial charge is 0.261 e. The molecule has 0 radical (unpaired) electrons. The number of aromatic nitrogens is 6. The van der Waals surface area contributed by atoms with Crippen LogP contribution in [0.1, 0.15) is 30.7 Å². The second kappa shape index (κ2) is 19.4. The summed E-state index contributed by atoms with van der Waals surface area (Å²) in [5.41, 5.74) is 2.88. The van der Waals surface area contributed by atoms with Crippen LogP contribution in [0, 0.1) is 0 Å². The van der Waals surface area contributed by atoms with E-state index in [-0.39, 0.29) is 40.9 Å². The van der Waals surface area contributed by atoms with Gasteiger partial charge in [-0.1, -0.05) is 35.3 Å². The molecule has 0 aliphatic carbocycles. The number of halogens is 2. The van der Waals surface area contributed by atoms with Gasteiger partial charge in [0.05, 0.1) is 93.2 Å². The molecule has 6 heterocycles. The van der Waals surface area contributed by atoms with Crippen LogP contribution in [0.3, 0.4) is 0 Å². The van der Waals surface area contributed by atoms with Crippen LogP contribution in [-0.4, -0.2) is 65.2 Å². The van der Waals surface area contributed by atoms with Crippen LogP contribution in [0.4, 0.5) is 0 Å². The second-order valence-corrected chi connectivity index (χ2v) is 20.2. The first-order valence-corrected chi connectivity index (χ1v) is 24.3. The molecule has 8 aromatic rings. The van der Waals surface area contributed by atoms with E-state index < -0.39 is 20.6 Å². The van der Waals surface area contributed by atoms with Crippen molar-refractivity contribution in [1.82, 2.24) is 38.9 Å². The van der Waals surface area contributed by atoms with Gasteiger partial charge in [0, 0.05) is 55.1 Å². The number of rotatable bonds is 12. The Balaban J connectivity index is 0.000000189. The van der Waals surface area contributed by atoms with Crippen molar-refractivity contribution in [3.8, 4) is 22.7 Å². The molecule has 15 nitrogen and oxygen atoms in total. The van der Waals surface area contributed by atoms with Crippen LogP contribution in [0.2, 0.25) is 8.67 Å². The zero-order chi connectivity index (χ0) is 44.8. The molecule has 6 aromatic heterocycles. The molecule has 2 N–H and O–H groups in total. The third-order valence-electron chi connectivity index (χ3n) is 9.08. The van der Waals surface area contributed by atoms with Crippen LogP contribution in [0.15, 0.2) is 154 Å². The van der Waals surface area contributed by atoms with Crippen molar-refractivity contribution in [2.45, 2.75) is 22.9 Å². The van der Waals surface area contributed by atoms with Crippen LogP contribution >= 0.6 is 45.9 Å². The van der Waals surface area contributed by atoms with E-state index in [2.05, 4.69) is 20.6 Å². The fraction of sp³-hybridized carbons (Fsp3) is 0.0952. The molecule has 0 aliphatic heterocycles. The second-order valence-electron chi connectivity index (χ2n) is 13.5. The molecule has 322 valence electrons. The van der Waals surface area contributed by atoms with Crippen LogP contribution < -0.4 is 21.8 Å².